The molecule has 0 unspecified atom stereocenters. The van der Waals surface area contributed by atoms with Crippen molar-refractivity contribution in [1.82, 2.24) is 4.90 Å². The number of carbonyl (C=O) groups is 2. The van der Waals surface area contributed by atoms with Gasteiger partial charge in [-0.1, -0.05) is 0 Å². The van der Waals surface area contributed by atoms with Gasteiger partial charge < -0.3 is 18.5 Å². The molecule has 0 saturated heterocycles. The third-order valence-corrected chi connectivity index (χ3v) is 4.41. The lowest BCUT2D eigenvalue weighted by molar-refractivity contribution is -0.143. The molecule has 136 valence electrons. The van der Waals surface area contributed by atoms with E-state index in [-0.39, 0.29) is 38.3 Å². The number of ether oxygens (including phenoxy) is 2. The Hall–Kier alpha value is -1.11. The monoisotopic (exact) mass is 353 g/mol. The second-order valence-electron chi connectivity index (χ2n) is 5.26. The zero-order chi connectivity index (χ0) is 18.0. The molecule has 0 aromatic carbocycles. The molecule has 0 aromatic heterocycles. The SMILES string of the molecule is CCOC(=O)CN(CP(=O)(OC(C)C)OC(C)C)C(=O)OCC. The van der Waals surface area contributed by atoms with Gasteiger partial charge in [-0.25, -0.2) is 4.79 Å². The fourth-order valence-electron chi connectivity index (χ4n) is 1.69. The number of amides is 1. The molecule has 8 nitrogen and oxygen atoms in total. The quantitative estimate of drug-likeness (QED) is 0.440. The third kappa shape index (κ3) is 9.58. The van der Waals surface area contributed by atoms with Crippen molar-refractivity contribution >= 4 is 19.7 Å². The number of rotatable bonds is 10. The molecule has 9 heteroatoms. The van der Waals surface area contributed by atoms with E-state index in [1.807, 2.05) is 0 Å². The summed E-state index contributed by atoms with van der Waals surface area (Å²) in [6.07, 6.45) is -1.90. The van der Waals surface area contributed by atoms with Crippen LogP contribution in [0.5, 0.6) is 0 Å². The number of nitrogens with zero attached hydrogens (tertiary/aromatic N) is 1. The van der Waals surface area contributed by atoms with Gasteiger partial charge in [0.05, 0.1) is 25.4 Å². The van der Waals surface area contributed by atoms with Gasteiger partial charge in [-0.15, -0.1) is 0 Å². The lowest BCUT2D eigenvalue weighted by atomic mass is 10.5. The van der Waals surface area contributed by atoms with E-state index in [1.165, 1.54) is 0 Å². The Bertz CT molecular complexity index is 411. The van der Waals surface area contributed by atoms with Crippen molar-refractivity contribution in [3.63, 3.8) is 0 Å². The zero-order valence-corrected chi connectivity index (χ0v) is 15.6. The van der Waals surface area contributed by atoms with Gasteiger partial charge in [0, 0.05) is 0 Å². The highest BCUT2D eigenvalue weighted by molar-refractivity contribution is 7.53. The Balaban J connectivity index is 5.21. The average molecular weight is 353 g/mol. The van der Waals surface area contributed by atoms with Crippen molar-refractivity contribution in [3.8, 4) is 0 Å². The Morgan fingerprint density at radius 3 is 1.83 bits per heavy atom. The van der Waals surface area contributed by atoms with Crippen LogP contribution in [-0.4, -0.2) is 55.2 Å². The van der Waals surface area contributed by atoms with Gasteiger partial charge in [0.15, 0.2) is 0 Å². The highest BCUT2D eigenvalue weighted by Gasteiger charge is 2.34. The molecule has 0 fully saturated rings. The van der Waals surface area contributed by atoms with Crippen LogP contribution in [0.4, 0.5) is 4.79 Å². The average Bonchev–Trinajstić information content (AvgIpc) is 2.36. The van der Waals surface area contributed by atoms with E-state index in [1.54, 1.807) is 41.5 Å². The number of carbonyl (C=O) groups excluding carboxylic acids is 2. The van der Waals surface area contributed by atoms with E-state index >= 15 is 0 Å². The lowest BCUT2D eigenvalue weighted by Gasteiger charge is -2.28. The summed E-state index contributed by atoms with van der Waals surface area (Å²) in [5.41, 5.74) is 0. The van der Waals surface area contributed by atoms with Crippen LogP contribution in [0.25, 0.3) is 0 Å². The minimum Gasteiger partial charge on any atom is -0.465 e. The van der Waals surface area contributed by atoms with E-state index in [0.29, 0.717) is 0 Å². The minimum absolute atomic E-state index is 0.124. The second-order valence-corrected chi connectivity index (χ2v) is 7.19. The molecule has 0 bridgehead atoms. The fourth-order valence-corrected chi connectivity index (χ4v) is 3.79. The summed E-state index contributed by atoms with van der Waals surface area (Å²) in [5, 5.41) is 0. The van der Waals surface area contributed by atoms with Crippen LogP contribution in [0.1, 0.15) is 41.5 Å². The topological polar surface area (TPSA) is 91.4 Å². The maximum Gasteiger partial charge on any atom is 0.410 e. The Labute approximate surface area is 137 Å². The molecule has 0 aliphatic rings. The maximum atomic E-state index is 12.8. The lowest BCUT2D eigenvalue weighted by Crippen LogP contribution is -2.38. The standard InChI is InChI=1S/C14H28NO7P/c1-7-19-13(16)9-15(14(17)20-8-2)10-23(18,21-11(3)4)22-12(5)6/h11-12H,7-10H2,1-6H3. The molecule has 0 radical (unpaired) electrons. The molecule has 0 rings (SSSR count). The Kier molecular flexibility index (Phi) is 10.1. The van der Waals surface area contributed by atoms with Crippen LogP contribution in [0.2, 0.25) is 0 Å². The van der Waals surface area contributed by atoms with Gasteiger partial charge >= 0.3 is 19.7 Å². The second kappa shape index (κ2) is 10.6. The summed E-state index contributed by atoms with van der Waals surface area (Å²) in [7, 11) is -3.62. The van der Waals surface area contributed by atoms with Crippen LogP contribution in [0.3, 0.4) is 0 Å². The van der Waals surface area contributed by atoms with Crippen molar-refractivity contribution in [1.29, 1.82) is 0 Å². The largest absolute Gasteiger partial charge is 0.465 e. The zero-order valence-electron chi connectivity index (χ0n) is 14.7. The van der Waals surface area contributed by atoms with Crippen molar-refractivity contribution < 1.29 is 32.7 Å². The molecule has 0 saturated carbocycles. The summed E-state index contributed by atoms with van der Waals surface area (Å²) in [5.74, 6) is -0.624. The molecule has 0 N–H and O–H groups in total. The first kappa shape index (κ1) is 21.9. The molecule has 0 spiro atoms. The van der Waals surface area contributed by atoms with Crippen molar-refractivity contribution in [3.05, 3.63) is 0 Å². The number of hydrogen-bond acceptors (Lipinski definition) is 7. The predicted octanol–water partition coefficient (Wildman–Crippen LogP) is 3.01. The molecule has 23 heavy (non-hydrogen) atoms. The fraction of sp³-hybridized carbons (Fsp3) is 0.857. The molecular weight excluding hydrogens is 325 g/mol. The third-order valence-electron chi connectivity index (χ3n) is 2.24. The predicted molar refractivity (Wildman–Crippen MR) is 85.3 cm³/mol. The summed E-state index contributed by atoms with van der Waals surface area (Å²) in [6.45, 7) is 10.0. The highest BCUT2D eigenvalue weighted by atomic mass is 31.2. The van der Waals surface area contributed by atoms with Gasteiger partial charge in [-0.2, -0.15) is 0 Å². The molecule has 0 aromatic rings. The van der Waals surface area contributed by atoms with Crippen LogP contribution < -0.4 is 0 Å². The van der Waals surface area contributed by atoms with E-state index in [9.17, 15) is 14.2 Å². The normalized spacial score (nSPS) is 11.7. The van der Waals surface area contributed by atoms with Crippen LogP contribution in [0, 0.1) is 0 Å². The maximum absolute atomic E-state index is 12.8. The van der Waals surface area contributed by atoms with E-state index in [0.717, 1.165) is 4.90 Å². The summed E-state index contributed by atoms with van der Waals surface area (Å²) in [4.78, 5) is 24.6. The van der Waals surface area contributed by atoms with Gasteiger partial charge in [-0.3, -0.25) is 14.3 Å². The molecule has 0 aliphatic heterocycles. The van der Waals surface area contributed by atoms with Crippen LogP contribution >= 0.6 is 7.60 Å². The summed E-state index contributed by atoms with van der Waals surface area (Å²) >= 11 is 0. The first-order valence-electron chi connectivity index (χ1n) is 7.66. The van der Waals surface area contributed by atoms with Crippen LogP contribution in [-0.2, 0) is 27.9 Å². The van der Waals surface area contributed by atoms with Gasteiger partial charge in [0.2, 0.25) is 0 Å². The summed E-state index contributed by atoms with van der Waals surface area (Å²) in [6, 6.07) is 0. The molecule has 1 amide bonds. The van der Waals surface area contributed by atoms with Crippen molar-refractivity contribution in [2.24, 2.45) is 0 Å². The summed E-state index contributed by atoms with van der Waals surface area (Å²) < 4.78 is 33.3. The van der Waals surface area contributed by atoms with E-state index in [4.69, 9.17) is 18.5 Å². The van der Waals surface area contributed by atoms with Crippen molar-refractivity contribution in [2.45, 2.75) is 53.8 Å². The van der Waals surface area contributed by atoms with E-state index in [2.05, 4.69) is 0 Å². The number of hydrogen-bond donors (Lipinski definition) is 0. The first-order chi connectivity index (χ1) is 10.6. The van der Waals surface area contributed by atoms with Crippen molar-refractivity contribution in [2.75, 3.05) is 26.0 Å². The molecular formula is C14H28NO7P. The molecule has 0 heterocycles. The van der Waals surface area contributed by atoms with Gasteiger partial charge in [-0.05, 0) is 41.5 Å². The van der Waals surface area contributed by atoms with Gasteiger partial charge in [0.25, 0.3) is 0 Å². The van der Waals surface area contributed by atoms with Gasteiger partial charge in [0.1, 0.15) is 12.8 Å². The van der Waals surface area contributed by atoms with E-state index < -0.39 is 19.7 Å². The minimum atomic E-state index is -3.62. The Morgan fingerprint density at radius 2 is 1.43 bits per heavy atom. The smallest absolute Gasteiger partial charge is 0.410 e. The molecule has 0 aliphatic carbocycles. The Morgan fingerprint density at radius 1 is 0.957 bits per heavy atom. The molecule has 0 atom stereocenters. The van der Waals surface area contributed by atoms with Crippen LogP contribution in [0.15, 0.2) is 0 Å². The first-order valence-corrected chi connectivity index (χ1v) is 9.39. The highest BCUT2D eigenvalue weighted by Crippen LogP contribution is 2.51. The number of esters is 1.